The SMILES string of the molecule is CCSc1cccc(C=CCC=O)c1. The second kappa shape index (κ2) is 6.44. The summed E-state index contributed by atoms with van der Waals surface area (Å²) in [6, 6.07) is 8.32. The lowest BCUT2D eigenvalue weighted by Crippen LogP contribution is -1.76. The van der Waals surface area contributed by atoms with Crippen molar-refractivity contribution in [3.8, 4) is 0 Å². The fourth-order valence-corrected chi connectivity index (χ4v) is 1.86. The van der Waals surface area contributed by atoms with Gasteiger partial charge < -0.3 is 4.79 Å². The van der Waals surface area contributed by atoms with Gasteiger partial charge in [0, 0.05) is 11.3 Å². The molecular weight excluding hydrogens is 192 g/mol. The molecule has 0 bridgehead atoms. The first-order valence-corrected chi connectivity index (χ1v) is 5.68. The fourth-order valence-electron chi connectivity index (χ4n) is 1.13. The lowest BCUT2D eigenvalue weighted by Gasteiger charge is -1.99. The molecule has 0 radical (unpaired) electrons. The number of carbonyl (C=O) groups is 1. The second-order valence-electron chi connectivity index (χ2n) is 2.81. The molecule has 0 amide bonds. The highest BCUT2D eigenvalue weighted by Gasteiger charge is 1.91. The van der Waals surface area contributed by atoms with E-state index < -0.39 is 0 Å². The van der Waals surface area contributed by atoms with E-state index >= 15 is 0 Å². The Hall–Kier alpha value is -1.02. The lowest BCUT2D eigenvalue weighted by molar-refractivity contribution is -0.107. The molecule has 0 saturated carbocycles. The van der Waals surface area contributed by atoms with Gasteiger partial charge in [-0.1, -0.05) is 31.2 Å². The molecule has 0 aliphatic rings. The summed E-state index contributed by atoms with van der Waals surface area (Å²) >= 11 is 1.83. The van der Waals surface area contributed by atoms with E-state index in [0.29, 0.717) is 6.42 Å². The van der Waals surface area contributed by atoms with Gasteiger partial charge >= 0.3 is 0 Å². The Morgan fingerprint density at radius 1 is 1.43 bits per heavy atom. The zero-order valence-electron chi connectivity index (χ0n) is 8.27. The third kappa shape index (κ3) is 3.79. The van der Waals surface area contributed by atoms with Crippen LogP contribution < -0.4 is 0 Å². The van der Waals surface area contributed by atoms with Crippen LogP contribution >= 0.6 is 11.8 Å². The minimum absolute atomic E-state index is 0.491. The Morgan fingerprint density at radius 3 is 3.00 bits per heavy atom. The summed E-state index contributed by atoms with van der Waals surface area (Å²) in [7, 11) is 0. The van der Waals surface area contributed by atoms with Crippen molar-refractivity contribution in [3.63, 3.8) is 0 Å². The third-order valence-electron chi connectivity index (χ3n) is 1.71. The highest BCUT2D eigenvalue weighted by atomic mass is 32.2. The first-order chi connectivity index (χ1) is 6.86. The van der Waals surface area contributed by atoms with Crippen LogP contribution in [-0.2, 0) is 4.79 Å². The molecule has 0 spiro atoms. The molecule has 0 unspecified atom stereocenters. The Balaban J connectivity index is 2.67. The standard InChI is InChI=1S/C12H14OS/c1-2-14-12-8-5-7-11(10-12)6-3-4-9-13/h3,5-10H,2,4H2,1H3. The summed E-state index contributed by atoms with van der Waals surface area (Å²) in [6.07, 6.45) is 5.25. The number of benzene rings is 1. The van der Waals surface area contributed by atoms with Crippen LogP contribution in [0.1, 0.15) is 18.9 Å². The van der Waals surface area contributed by atoms with E-state index in [4.69, 9.17) is 0 Å². The summed E-state index contributed by atoms with van der Waals surface area (Å²) in [5.74, 6) is 1.08. The molecule has 2 heteroatoms. The number of hydrogen-bond donors (Lipinski definition) is 0. The number of hydrogen-bond acceptors (Lipinski definition) is 2. The molecule has 0 N–H and O–H groups in total. The highest BCUT2D eigenvalue weighted by molar-refractivity contribution is 7.99. The van der Waals surface area contributed by atoms with Crippen molar-refractivity contribution in [2.75, 3.05) is 5.75 Å². The van der Waals surface area contributed by atoms with Gasteiger partial charge in [-0.3, -0.25) is 0 Å². The van der Waals surface area contributed by atoms with E-state index in [1.54, 1.807) is 0 Å². The number of aldehydes is 1. The number of allylic oxidation sites excluding steroid dienone is 1. The average molecular weight is 206 g/mol. The molecule has 1 aromatic rings. The molecular formula is C12H14OS. The minimum atomic E-state index is 0.491. The Bertz CT molecular complexity index is 318. The lowest BCUT2D eigenvalue weighted by atomic mass is 10.2. The highest BCUT2D eigenvalue weighted by Crippen LogP contribution is 2.19. The van der Waals surface area contributed by atoms with Crippen molar-refractivity contribution in [2.24, 2.45) is 0 Å². The fraction of sp³-hybridized carbons (Fsp3) is 0.250. The summed E-state index contributed by atoms with van der Waals surface area (Å²) < 4.78 is 0. The van der Waals surface area contributed by atoms with Gasteiger partial charge in [-0.05, 0) is 23.4 Å². The molecule has 0 fully saturated rings. The van der Waals surface area contributed by atoms with Crippen LogP contribution in [0.25, 0.3) is 6.08 Å². The van der Waals surface area contributed by atoms with Gasteiger partial charge in [-0.2, -0.15) is 0 Å². The van der Waals surface area contributed by atoms with Crippen LogP contribution in [0.15, 0.2) is 35.2 Å². The van der Waals surface area contributed by atoms with Crippen LogP contribution in [-0.4, -0.2) is 12.0 Å². The summed E-state index contributed by atoms with van der Waals surface area (Å²) in [4.78, 5) is 11.4. The van der Waals surface area contributed by atoms with E-state index in [2.05, 4.69) is 19.1 Å². The van der Waals surface area contributed by atoms with Crippen molar-refractivity contribution >= 4 is 24.1 Å². The van der Waals surface area contributed by atoms with Gasteiger partial charge in [-0.25, -0.2) is 0 Å². The van der Waals surface area contributed by atoms with Crippen molar-refractivity contribution in [1.82, 2.24) is 0 Å². The molecule has 0 aliphatic heterocycles. The van der Waals surface area contributed by atoms with E-state index in [9.17, 15) is 4.79 Å². The Labute approximate surface area is 89.2 Å². The van der Waals surface area contributed by atoms with Crippen molar-refractivity contribution < 1.29 is 4.79 Å². The monoisotopic (exact) mass is 206 g/mol. The molecule has 1 aromatic carbocycles. The molecule has 0 aromatic heterocycles. The van der Waals surface area contributed by atoms with Gasteiger partial charge in [0.2, 0.25) is 0 Å². The molecule has 1 rings (SSSR count). The number of rotatable bonds is 5. The number of carbonyl (C=O) groups excluding carboxylic acids is 1. The van der Waals surface area contributed by atoms with Crippen molar-refractivity contribution in [3.05, 3.63) is 35.9 Å². The maximum absolute atomic E-state index is 10.1. The zero-order chi connectivity index (χ0) is 10.2. The Morgan fingerprint density at radius 2 is 2.29 bits per heavy atom. The quantitative estimate of drug-likeness (QED) is 0.542. The van der Waals surface area contributed by atoms with Gasteiger partial charge in [0.1, 0.15) is 6.29 Å². The first kappa shape index (κ1) is 11.1. The average Bonchev–Trinajstić information content (AvgIpc) is 2.19. The van der Waals surface area contributed by atoms with E-state index in [1.165, 1.54) is 4.90 Å². The van der Waals surface area contributed by atoms with Crippen LogP contribution in [0, 0.1) is 0 Å². The van der Waals surface area contributed by atoms with Gasteiger partial charge in [-0.15, -0.1) is 11.8 Å². The Kier molecular flexibility index (Phi) is 5.08. The summed E-state index contributed by atoms with van der Waals surface area (Å²) in [5, 5.41) is 0. The molecule has 0 saturated heterocycles. The van der Waals surface area contributed by atoms with E-state index in [0.717, 1.165) is 17.6 Å². The predicted molar refractivity (Wildman–Crippen MR) is 62.6 cm³/mol. The third-order valence-corrected chi connectivity index (χ3v) is 2.59. The first-order valence-electron chi connectivity index (χ1n) is 4.70. The molecule has 14 heavy (non-hydrogen) atoms. The molecule has 0 atom stereocenters. The largest absolute Gasteiger partial charge is 0.303 e. The van der Waals surface area contributed by atoms with Crippen LogP contribution in [0.3, 0.4) is 0 Å². The minimum Gasteiger partial charge on any atom is -0.303 e. The number of thioether (sulfide) groups is 1. The smallest absolute Gasteiger partial charge is 0.123 e. The molecule has 0 heterocycles. The van der Waals surface area contributed by atoms with Crippen LogP contribution in [0.5, 0.6) is 0 Å². The predicted octanol–water partition coefficient (Wildman–Crippen LogP) is 3.40. The van der Waals surface area contributed by atoms with Crippen molar-refractivity contribution in [2.45, 2.75) is 18.2 Å². The molecule has 1 nitrogen and oxygen atoms in total. The van der Waals surface area contributed by atoms with Crippen LogP contribution in [0.2, 0.25) is 0 Å². The van der Waals surface area contributed by atoms with Gasteiger partial charge in [0.15, 0.2) is 0 Å². The summed E-state index contributed by atoms with van der Waals surface area (Å²) in [5.41, 5.74) is 1.16. The van der Waals surface area contributed by atoms with E-state index in [1.807, 2.05) is 36.0 Å². The zero-order valence-corrected chi connectivity index (χ0v) is 9.09. The maximum Gasteiger partial charge on any atom is 0.123 e. The molecule has 74 valence electrons. The topological polar surface area (TPSA) is 17.1 Å². The normalized spacial score (nSPS) is 10.6. The van der Waals surface area contributed by atoms with Crippen molar-refractivity contribution in [1.29, 1.82) is 0 Å². The van der Waals surface area contributed by atoms with E-state index in [-0.39, 0.29) is 0 Å². The summed E-state index contributed by atoms with van der Waals surface area (Å²) in [6.45, 7) is 2.14. The van der Waals surface area contributed by atoms with Gasteiger partial charge in [0.25, 0.3) is 0 Å². The van der Waals surface area contributed by atoms with Gasteiger partial charge in [0.05, 0.1) is 0 Å². The second-order valence-corrected chi connectivity index (χ2v) is 4.15. The van der Waals surface area contributed by atoms with Crippen LogP contribution in [0.4, 0.5) is 0 Å². The molecule has 0 aliphatic carbocycles. The maximum atomic E-state index is 10.1.